The normalized spacial score (nSPS) is 10.3. The smallest absolute Gasteiger partial charge is 0.292 e. The summed E-state index contributed by atoms with van der Waals surface area (Å²) < 4.78 is 12.3. The van der Waals surface area contributed by atoms with Gasteiger partial charge in [-0.2, -0.15) is 0 Å². The number of rotatable bonds is 6. The van der Waals surface area contributed by atoms with Gasteiger partial charge in [-0.3, -0.25) is 4.79 Å². The molecule has 1 aromatic heterocycles. The molecular formula is C16H19NO3. The predicted molar refractivity (Wildman–Crippen MR) is 78.5 cm³/mol. The molecule has 0 aliphatic heterocycles. The number of aryl methyl sites for hydroxylation is 2. The summed E-state index contributed by atoms with van der Waals surface area (Å²) in [4.78, 5) is 11.9. The van der Waals surface area contributed by atoms with Crippen LogP contribution in [-0.2, 0) is 6.54 Å². The zero-order valence-electron chi connectivity index (χ0n) is 11.8. The molecule has 0 fully saturated rings. The van der Waals surface area contributed by atoms with Gasteiger partial charge >= 0.3 is 0 Å². The molecule has 106 valence electrons. The van der Waals surface area contributed by atoms with Gasteiger partial charge in [0.15, 0.2) is 5.75 Å². The lowest BCUT2D eigenvalue weighted by Crippen LogP contribution is -2.21. The molecule has 0 saturated carbocycles. The third-order valence-electron chi connectivity index (χ3n) is 3.04. The molecule has 2 aromatic rings. The highest BCUT2D eigenvalue weighted by Crippen LogP contribution is 2.11. The Morgan fingerprint density at radius 1 is 1.15 bits per heavy atom. The quantitative estimate of drug-likeness (QED) is 0.760. The Balaban J connectivity index is 1.84. The maximum Gasteiger partial charge on any atom is 0.292 e. The number of pyridine rings is 1. The van der Waals surface area contributed by atoms with Crippen LogP contribution in [0.4, 0.5) is 0 Å². The number of aromatic nitrogens is 1. The molecule has 0 amide bonds. The highest BCUT2D eigenvalue weighted by Gasteiger charge is 2.02. The molecule has 0 aliphatic rings. The first-order valence-corrected chi connectivity index (χ1v) is 6.63. The van der Waals surface area contributed by atoms with Gasteiger partial charge < -0.3 is 14.0 Å². The van der Waals surface area contributed by atoms with Gasteiger partial charge in [-0.15, -0.1) is 0 Å². The number of hydrogen-bond donors (Lipinski definition) is 0. The van der Waals surface area contributed by atoms with E-state index in [4.69, 9.17) is 9.47 Å². The van der Waals surface area contributed by atoms with Gasteiger partial charge in [-0.1, -0.05) is 17.7 Å². The molecule has 0 unspecified atom stereocenters. The van der Waals surface area contributed by atoms with Crippen LogP contribution in [0.25, 0.3) is 0 Å². The van der Waals surface area contributed by atoms with Crippen molar-refractivity contribution in [2.24, 2.45) is 0 Å². The Kier molecular flexibility index (Phi) is 4.82. The van der Waals surface area contributed by atoms with Crippen LogP contribution < -0.4 is 15.0 Å². The molecule has 0 atom stereocenters. The maximum atomic E-state index is 11.9. The van der Waals surface area contributed by atoms with E-state index in [1.807, 2.05) is 31.2 Å². The van der Waals surface area contributed by atoms with Crippen LogP contribution in [0.3, 0.4) is 0 Å². The van der Waals surface area contributed by atoms with Gasteiger partial charge in [0.1, 0.15) is 5.75 Å². The highest BCUT2D eigenvalue weighted by atomic mass is 16.5. The van der Waals surface area contributed by atoms with Gasteiger partial charge in [0, 0.05) is 12.7 Å². The van der Waals surface area contributed by atoms with Crippen molar-refractivity contribution in [2.75, 3.05) is 13.7 Å². The van der Waals surface area contributed by atoms with E-state index in [0.717, 1.165) is 12.2 Å². The standard InChI is InChI=1S/C16H19NO3/c1-13-6-8-14(9-7-13)20-12-4-11-17-10-3-5-15(19-2)16(17)18/h3,5-10H,4,11-12H2,1-2H3. The molecule has 2 rings (SSSR count). The summed E-state index contributed by atoms with van der Waals surface area (Å²) in [6, 6.07) is 11.4. The summed E-state index contributed by atoms with van der Waals surface area (Å²) in [5.41, 5.74) is 1.10. The second kappa shape index (κ2) is 6.80. The van der Waals surface area contributed by atoms with E-state index in [-0.39, 0.29) is 5.56 Å². The molecular weight excluding hydrogens is 254 g/mol. The van der Waals surface area contributed by atoms with Crippen LogP contribution >= 0.6 is 0 Å². The summed E-state index contributed by atoms with van der Waals surface area (Å²) in [5, 5.41) is 0. The average molecular weight is 273 g/mol. The number of methoxy groups -OCH3 is 1. The molecule has 0 bridgehead atoms. The third kappa shape index (κ3) is 3.63. The van der Waals surface area contributed by atoms with Crippen molar-refractivity contribution in [3.8, 4) is 11.5 Å². The van der Waals surface area contributed by atoms with Crippen LogP contribution in [0.15, 0.2) is 47.4 Å². The van der Waals surface area contributed by atoms with E-state index in [1.165, 1.54) is 12.7 Å². The van der Waals surface area contributed by atoms with Gasteiger partial charge in [0.2, 0.25) is 0 Å². The van der Waals surface area contributed by atoms with Crippen molar-refractivity contribution in [3.63, 3.8) is 0 Å². The zero-order chi connectivity index (χ0) is 14.4. The highest BCUT2D eigenvalue weighted by molar-refractivity contribution is 5.26. The van der Waals surface area contributed by atoms with Gasteiger partial charge in [0.25, 0.3) is 5.56 Å². The van der Waals surface area contributed by atoms with Crippen molar-refractivity contribution in [3.05, 3.63) is 58.5 Å². The van der Waals surface area contributed by atoms with E-state index in [2.05, 4.69) is 0 Å². The maximum absolute atomic E-state index is 11.9. The first-order chi connectivity index (χ1) is 9.70. The molecule has 20 heavy (non-hydrogen) atoms. The van der Waals surface area contributed by atoms with E-state index in [9.17, 15) is 4.79 Å². The number of ether oxygens (including phenoxy) is 2. The Bertz CT molecular complexity index is 602. The molecule has 0 radical (unpaired) electrons. The van der Waals surface area contributed by atoms with E-state index >= 15 is 0 Å². The predicted octanol–water partition coefficient (Wildman–Crippen LogP) is 2.63. The molecule has 0 aliphatic carbocycles. The van der Waals surface area contributed by atoms with Crippen LogP contribution in [0.1, 0.15) is 12.0 Å². The van der Waals surface area contributed by atoms with Crippen LogP contribution in [0, 0.1) is 6.92 Å². The molecule has 0 spiro atoms. The first kappa shape index (κ1) is 14.2. The third-order valence-corrected chi connectivity index (χ3v) is 3.04. The molecule has 4 heteroatoms. The number of nitrogens with zero attached hydrogens (tertiary/aromatic N) is 1. The molecule has 1 heterocycles. The number of hydrogen-bond acceptors (Lipinski definition) is 3. The minimum atomic E-state index is -0.106. The monoisotopic (exact) mass is 273 g/mol. The van der Waals surface area contributed by atoms with E-state index in [1.54, 1.807) is 22.9 Å². The fourth-order valence-electron chi connectivity index (χ4n) is 1.91. The lowest BCUT2D eigenvalue weighted by molar-refractivity contribution is 0.300. The van der Waals surface area contributed by atoms with Crippen molar-refractivity contribution in [2.45, 2.75) is 19.9 Å². The first-order valence-electron chi connectivity index (χ1n) is 6.63. The van der Waals surface area contributed by atoms with Crippen LogP contribution in [0.2, 0.25) is 0 Å². The van der Waals surface area contributed by atoms with Crippen LogP contribution in [-0.4, -0.2) is 18.3 Å². The summed E-state index contributed by atoms with van der Waals surface area (Å²) in [7, 11) is 1.50. The van der Waals surface area contributed by atoms with Crippen molar-refractivity contribution < 1.29 is 9.47 Å². The van der Waals surface area contributed by atoms with Crippen molar-refractivity contribution in [1.29, 1.82) is 0 Å². The second-order valence-corrected chi connectivity index (χ2v) is 4.59. The molecule has 0 N–H and O–H groups in total. The lowest BCUT2D eigenvalue weighted by atomic mass is 10.2. The van der Waals surface area contributed by atoms with E-state index in [0.29, 0.717) is 18.9 Å². The fraction of sp³-hybridized carbons (Fsp3) is 0.312. The minimum absolute atomic E-state index is 0.106. The molecule has 1 aromatic carbocycles. The minimum Gasteiger partial charge on any atom is -0.494 e. The zero-order valence-corrected chi connectivity index (χ0v) is 11.8. The van der Waals surface area contributed by atoms with Crippen molar-refractivity contribution >= 4 is 0 Å². The van der Waals surface area contributed by atoms with Gasteiger partial charge in [-0.05, 0) is 37.6 Å². The molecule has 0 saturated heterocycles. The second-order valence-electron chi connectivity index (χ2n) is 4.59. The summed E-state index contributed by atoms with van der Waals surface area (Å²) in [6.07, 6.45) is 2.53. The molecule has 4 nitrogen and oxygen atoms in total. The topological polar surface area (TPSA) is 40.5 Å². The fourth-order valence-corrected chi connectivity index (χ4v) is 1.91. The Morgan fingerprint density at radius 2 is 1.90 bits per heavy atom. The van der Waals surface area contributed by atoms with Gasteiger partial charge in [0.05, 0.1) is 13.7 Å². The SMILES string of the molecule is COc1cccn(CCCOc2ccc(C)cc2)c1=O. The Morgan fingerprint density at radius 3 is 2.60 bits per heavy atom. The summed E-state index contributed by atoms with van der Waals surface area (Å²) in [5.74, 6) is 1.22. The Hall–Kier alpha value is -2.23. The Labute approximate surface area is 118 Å². The van der Waals surface area contributed by atoms with Crippen LogP contribution in [0.5, 0.6) is 11.5 Å². The summed E-state index contributed by atoms with van der Waals surface area (Å²) >= 11 is 0. The average Bonchev–Trinajstić information content (AvgIpc) is 2.47. The lowest BCUT2D eigenvalue weighted by Gasteiger charge is -2.09. The number of benzene rings is 1. The summed E-state index contributed by atoms with van der Waals surface area (Å²) in [6.45, 7) is 3.23. The van der Waals surface area contributed by atoms with Crippen molar-refractivity contribution in [1.82, 2.24) is 4.57 Å². The van der Waals surface area contributed by atoms with Gasteiger partial charge in [-0.25, -0.2) is 0 Å². The van der Waals surface area contributed by atoms with E-state index < -0.39 is 0 Å². The largest absolute Gasteiger partial charge is 0.494 e.